The summed E-state index contributed by atoms with van der Waals surface area (Å²) in [6.07, 6.45) is 12.5. The molecule has 0 aromatic rings. The molecule has 1 atom stereocenters. The molecule has 0 amide bonds. The van der Waals surface area contributed by atoms with Crippen LogP contribution >= 0.6 is 0 Å². The molecule has 1 rings (SSSR count). The number of unbranched alkanes of at least 4 members (excludes halogenated alkanes) is 2. The Morgan fingerprint density at radius 3 is 2.35 bits per heavy atom. The lowest BCUT2D eigenvalue weighted by atomic mass is 9.93. The normalized spacial score (nSPS) is 21.5. The van der Waals surface area contributed by atoms with Gasteiger partial charge >= 0.3 is 0 Å². The van der Waals surface area contributed by atoms with Gasteiger partial charge in [-0.15, -0.1) is 0 Å². The third-order valence-electron chi connectivity index (χ3n) is 3.90. The zero-order chi connectivity index (χ0) is 12.6. The van der Waals surface area contributed by atoms with Crippen molar-refractivity contribution in [3.63, 3.8) is 0 Å². The highest BCUT2D eigenvalue weighted by Crippen LogP contribution is 2.22. The Morgan fingerprint density at radius 2 is 1.82 bits per heavy atom. The van der Waals surface area contributed by atoms with Crippen molar-refractivity contribution in [2.75, 3.05) is 0 Å². The summed E-state index contributed by atoms with van der Waals surface area (Å²) in [7, 11) is 0. The molecule has 1 fully saturated rings. The van der Waals surface area contributed by atoms with Crippen molar-refractivity contribution in [2.45, 2.75) is 89.6 Å². The third-order valence-corrected chi connectivity index (χ3v) is 3.90. The van der Waals surface area contributed by atoms with Gasteiger partial charge in [0.05, 0.1) is 6.07 Å². The van der Waals surface area contributed by atoms with Crippen LogP contribution in [0.3, 0.4) is 0 Å². The predicted molar refractivity (Wildman–Crippen MR) is 72.8 cm³/mol. The summed E-state index contributed by atoms with van der Waals surface area (Å²) >= 11 is 0. The van der Waals surface area contributed by atoms with Crippen molar-refractivity contribution in [1.29, 1.82) is 5.26 Å². The molecule has 0 radical (unpaired) electrons. The molecule has 0 aromatic heterocycles. The van der Waals surface area contributed by atoms with Crippen LogP contribution in [0.15, 0.2) is 0 Å². The maximum Gasteiger partial charge on any atom is 0.104 e. The number of rotatable bonds is 6. The van der Waals surface area contributed by atoms with Crippen LogP contribution in [0, 0.1) is 11.3 Å². The average molecular weight is 236 g/mol. The molecule has 2 heteroatoms. The van der Waals surface area contributed by atoms with E-state index in [4.69, 9.17) is 0 Å². The van der Waals surface area contributed by atoms with E-state index in [1.54, 1.807) is 0 Å². The minimum Gasteiger partial charge on any atom is -0.297 e. The summed E-state index contributed by atoms with van der Waals surface area (Å²) in [5, 5.41) is 13.0. The van der Waals surface area contributed by atoms with Gasteiger partial charge < -0.3 is 0 Å². The lowest BCUT2D eigenvalue weighted by Crippen LogP contribution is -2.47. The molecule has 2 nitrogen and oxygen atoms in total. The van der Waals surface area contributed by atoms with E-state index in [-0.39, 0.29) is 5.54 Å². The SMILES string of the molecule is CCCCCC(C)(C#N)NC1CCCCCC1. The fourth-order valence-corrected chi connectivity index (χ4v) is 2.76. The molecule has 1 unspecified atom stereocenters. The molecule has 1 aliphatic carbocycles. The lowest BCUT2D eigenvalue weighted by Gasteiger charge is -2.29. The van der Waals surface area contributed by atoms with E-state index in [0.717, 1.165) is 6.42 Å². The summed E-state index contributed by atoms with van der Waals surface area (Å²) in [5.74, 6) is 0. The first-order valence-electron chi connectivity index (χ1n) is 7.39. The Kier molecular flexibility index (Phi) is 6.58. The summed E-state index contributed by atoms with van der Waals surface area (Å²) in [5.41, 5.74) is -0.301. The van der Waals surface area contributed by atoms with Gasteiger partial charge in [-0.1, -0.05) is 51.9 Å². The maximum atomic E-state index is 9.37. The van der Waals surface area contributed by atoms with Crippen LogP contribution in [0.2, 0.25) is 0 Å². The number of nitrogens with zero attached hydrogens (tertiary/aromatic N) is 1. The second kappa shape index (κ2) is 7.71. The Hall–Kier alpha value is -0.550. The summed E-state index contributed by atoms with van der Waals surface area (Å²) in [6, 6.07) is 3.07. The van der Waals surface area contributed by atoms with Gasteiger partial charge in [0.2, 0.25) is 0 Å². The first-order chi connectivity index (χ1) is 8.20. The first-order valence-corrected chi connectivity index (χ1v) is 7.39. The van der Waals surface area contributed by atoms with Crippen LogP contribution in [0.4, 0.5) is 0 Å². The van der Waals surface area contributed by atoms with Gasteiger partial charge in [-0.3, -0.25) is 5.32 Å². The highest BCUT2D eigenvalue weighted by Gasteiger charge is 2.26. The van der Waals surface area contributed by atoms with Crippen LogP contribution in [0.25, 0.3) is 0 Å². The van der Waals surface area contributed by atoms with Gasteiger partial charge in [-0.2, -0.15) is 5.26 Å². The van der Waals surface area contributed by atoms with Gasteiger partial charge in [0.15, 0.2) is 0 Å². The first kappa shape index (κ1) is 14.5. The zero-order valence-electron chi connectivity index (χ0n) is 11.6. The summed E-state index contributed by atoms with van der Waals surface area (Å²) < 4.78 is 0. The molecular weight excluding hydrogens is 208 g/mol. The lowest BCUT2D eigenvalue weighted by molar-refractivity contribution is 0.326. The van der Waals surface area contributed by atoms with E-state index in [1.807, 2.05) is 0 Å². The second-order valence-electron chi connectivity index (χ2n) is 5.73. The standard InChI is InChI=1S/C15H28N2/c1-3-4-9-12-15(2,13-16)17-14-10-7-5-6-8-11-14/h14,17H,3-12H2,1-2H3. The molecule has 1 saturated carbocycles. The van der Waals surface area contributed by atoms with Gasteiger partial charge in [0.25, 0.3) is 0 Å². The molecule has 0 aromatic carbocycles. The molecular formula is C15H28N2. The largest absolute Gasteiger partial charge is 0.297 e. The zero-order valence-corrected chi connectivity index (χ0v) is 11.6. The van der Waals surface area contributed by atoms with Crippen LogP contribution in [-0.4, -0.2) is 11.6 Å². The van der Waals surface area contributed by atoms with Gasteiger partial charge in [-0.05, 0) is 26.2 Å². The number of hydrogen-bond donors (Lipinski definition) is 1. The number of nitrogens with one attached hydrogen (secondary N) is 1. The smallest absolute Gasteiger partial charge is 0.104 e. The van der Waals surface area contributed by atoms with E-state index in [1.165, 1.54) is 57.8 Å². The van der Waals surface area contributed by atoms with Crippen LogP contribution in [0.1, 0.15) is 78.1 Å². The molecule has 98 valence electrons. The van der Waals surface area contributed by atoms with E-state index in [9.17, 15) is 5.26 Å². The van der Waals surface area contributed by atoms with Crippen molar-refractivity contribution >= 4 is 0 Å². The molecule has 1 N–H and O–H groups in total. The average Bonchev–Trinajstić information content (AvgIpc) is 2.58. The fourth-order valence-electron chi connectivity index (χ4n) is 2.76. The maximum absolute atomic E-state index is 9.37. The highest BCUT2D eigenvalue weighted by atomic mass is 15.0. The van der Waals surface area contributed by atoms with Gasteiger partial charge in [-0.25, -0.2) is 0 Å². The van der Waals surface area contributed by atoms with Gasteiger partial charge in [0, 0.05) is 6.04 Å². The van der Waals surface area contributed by atoms with Crippen LogP contribution < -0.4 is 5.32 Å². The fraction of sp³-hybridized carbons (Fsp3) is 0.933. The van der Waals surface area contributed by atoms with E-state index in [2.05, 4.69) is 25.2 Å². The molecule has 0 aliphatic heterocycles. The van der Waals surface area contributed by atoms with Crippen LogP contribution in [0.5, 0.6) is 0 Å². The van der Waals surface area contributed by atoms with Crippen molar-refractivity contribution in [1.82, 2.24) is 5.32 Å². The molecule has 0 saturated heterocycles. The minimum absolute atomic E-state index is 0.301. The van der Waals surface area contributed by atoms with Crippen molar-refractivity contribution < 1.29 is 0 Å². The molecule has 0 spiro atoms. The molecule has 0 bridgehead atoms. The van der Waals surface area contributed by atoms with E-state index < -0.39 is 0 Å². The summed E-state index contributed by atoms with van der Waals surface area (Å²) in [4.78, 5) is 0. The van der Waals surface area contributed by atoms with Crippen molar-refractivity contribution in [2.24, 2.45) is 0 Å². The molecule has 0 heterocycles. The Bertz CT molecular complexity index is 236. The van der Waals surface area contributed by atoms with Crippen molar-refractivity contribution in [3.8, 4) is 6.07 Å². The van der Waals surface area contributed by atoms with E-state index in [0.29, 0.717) is 6.04 Å². The predicted octanol–water partition coefficient (Wildman–Crippen LogP) is 4.16. The Labute approximate surface area is 107 Å². The molecule has 17 heavy (non-hydrogen) atoms. The quantitative estimate of drug-likeness (QED) is 0.555. The Balaban J connectivity index is 2.40. The van der Waals surface area contributed by atoms with E-state index >= 15 is 0 Å². The summed E-state index contributed by atoms with van der Waals surface area (Å²) in [6.45, 7) is 4.29. The Morgan fingerprint density at radius 1 is 1.18 bits per heavy atom. The van der Waals surface area contributed by atoms with Crippen molar-refractivity contribution in [3.05, 3.63) is 0 Å². The van der Waals surface area contributed by atoms with Gasteiger partial charge in [0.1, 0.15) is 5.54 Å². The third kappa shape index (κ3) is 5.55. The second-order valence-corrected chi connectivity index (χ2v) is 5.73. The minimum atomic E-state index is -0.301. The number of nitriles is 1. The molecule has 1 aliphatic rings. The topological polar surface area (TPSA) is 35.8 Å². The number of hydrogen-bond acceptors (Lipinski definition) is 2. The monoisotopic (exact) mass is 236 g/mol. The van der Waals surface area contributed by atoms with Crippen LogP contribution in [-0.2, 0) is 0 Å². The highest BCUT2D eigenvalue weighted by molar-refractivity contribution is 5.05.